The minimum atomic E-state index is 0.457. The summed E-state index contributed by atoms with van der Waals surface area (Å²) in [5, 5.41) is 4.84. The summed E-state index contributed by atoms with van der Waals surface area (Å²) >= 11 is 12.4. The Balaban J connectivity index is 1.62. The quantitative estimate of drug-likeness (QED) is 0.771. The summed E-state index contributed by atoms with van der Waals surface area (Å²) in [7, 11) is 0. The van der Waals surface area contributed by atoms with Gasteiger partial charge in [0, 0.05) is 6.04 Å². The summed E-state index contributed by atoms with van der Waals surface area (Å²) in [5.41, 5.74) is 3.60. The normalized spacial score (nSPS) is 21.4. The molecule has 0 aliphatic heterocycles. The fraction of sp³-hybridized carbons (Fsp3) is 0.294. The largest absolute Gasteiger partial charge is 0.380 e. The van der Waals surface area contributed by atoms with Crippen molar-refractivity contribution in [3.8, 4) is 0 Å². The minimum Gasteiger partial charge on any atom is -0.380 e. The van der Waals surface area contributed by atoms with Crippen molar-refractivity contribution in [1.82, 2.24) is 0 Å². The Morgan fingerprint density at radius 2 is 1.55 bits per heavy atom. The molecule has 1 nitrogen and oxygen atoms in total. The second kappa shape index (κ2) is 5.67. The summed E-state index contributed by atoms with van der Waals surface area (Å²) in [6, 6.07) is 14.9. The first-order valence-electron chi connectivity index (χ1n) is 6.90. The van der Waals surface area contributed by atoms with E-state index in [1.807, 2.05) is 18.2 Å². The van der Waals surface area contributed by atoms with Crippen LogP contribution >= 0.6 is 23.2 Å². The maximum absolute atomic E-state index is 6.18. The average Bonchev–Trinajstić information content (AvgIpc) is 2.38. The first kappa shape index (κ1) is 13.8. The van der Waals surface area contributed by atoms with E-state index in [0.717, 1.165) is 18.5 Å². The van der Waals surface area contributed by atoms with Gasteiger partial charge in [0.15, 0.2) is 0 Å². The highest BCUT2D eigenvalue weighted by Gasteiger charge is 2.30. The van der Waals surface area contributed by atoms with E-state index in [1.165, 1.54) is 11.1 Å². The zero-order chi connectivity index (χ0) is 14.1. The molecule has 1 N–H and O–H groups in total. The van der Waals surface area contributed by atoms with E-state index in [4.69, 9.17) is 23.2 Å². The van der Waals surface area contributed by atoms with Gasteiger partial charge in [0.1, 0.15) is 0 Å². The number of hydrogen-bond acceptors (Lipinski definition) is 1. The van der Waals surface area contributed by atoms with E-state index in [-0.39, 0.29) is 0 Å². The molecule has 0 amide bonds. The summed E-state index contributed by atoms with van der Waals surface area (Å²) in [5.74, 6) is 0.648. The first-order valence-corrected chi connectivity index (χ1v) is 7.66. The topological polar surface area (TPSA) is 12.0 Å². The smallest absolute Gasteiger partial charge is 0.0721 e. The number of benzene rings is 2. The standard InChI is InChI=1S/C17H17Cl2N/c1-11-5-7-12(8-6-11)13-9-14(10-13)20-17-15(18)3-2-4-16(17)19/h2-8,13-14,20H,9-10H2,1H3. The van der Waals surface area contributed by atoms with E-state index in [9.17, 15) is 0 Å². The molecule has 0 spiro atoms. The Hall–Kier alpha value is -1.18. The van der Waals surface area contributed by atoms with Crippen LogP contribution in [0.25, 0.3) is 0 Å². The zero-order valence-electron chi connectivity index (χ0n) is 11.4. The Bertz CT molecular complexity index is 581. The van der Waals surface area contributed by atoms with Crippen molar-refractivity contribution in [3.05, 3.63) is 63.6 Å². The lowest BCUT2D eigenvalue weighted by Gasteiger charge is -2.37. The molecular weight excluding hydrogens is 289 g/mol. The lowest BCUT2D eigenvalue weighted by molar-refractivity contribution is 0.374. The third-order valence-corrected chi connectivity index (χ3v) is 4.63. The highest BCUT2D eigenvalue weighted by molar-refractivity contribution is 6.39. The number of anilines is 1. The van der Waals surface area contributed by atoms with Gasteiger partial charge in [0.05, 0.1) is 15.7 Å². The molecule has 1 fully saturated rings. The summed E-state index contributed by atoms with van der Waals surface area (Å²) in [6.45, 7) is 2.12. The van der Waals surface area contributed by atoms with Crippen LogP contribution in [-0.2, 0) is 0 Å². The molecule has 3 rings (SSSR count). The van der Waals surface area contributed by atoms with Gasteiger partial charge in [-0.2, -0.15) is 0 Å². The van der Waals surface area contributed by atoms with Gasteiger partial charge in [-0.25, -0.2) is 0 Å². The van der Waals surface area contributed by atoms with Gasteiger partial charge in [-0.05, 0) is 43.4 Å². The summed E-state index contributed by atoms with van der Waals surface area (Å²) in [6.07, 6.45) is 2.26. The van der Waals surface area contributed by atoms with Crippen molar-refractivity contribution < 1.29 is 0 Å². The fourth-order valence-electron chi connectivity index (χ4n) is 2.69. The summed E-state index contributed by atoms with van der Waals surface area (Å²) in [4.78, 5) is 0. The predicted octanol–water partition coefficient (Wildman–Crippen LogP) is 5.66. The van der Waals surface area contributed by atoms with Crippen LogP contribution in [0.4, 0.5) is 5.69 Å². The monoisotopic (exact) mass is 305 g/mol. The number of para-hydroxylation sites is 1. The second-order valence-corrected chi connectivity index (χ2v) is 6.33. The van der Waals surface area contributed by atoms with Gasteiger partial charge in [0.25, 0.3) is 0 Å². The maximum Gasteiger partial charge on any atom is 0.0721 e. The predicted molar refractivity (Wildman–Crippen MR) is 87.0 cm³/mol. The molecule has 0 aromatic heterocycles. The van der Waals surface area contributed by atoms with E-state index in [1.54, 1.807) is 0 Å². The number of halogens is 2. The van der Waals surface area contributed by atoms with Gasteiger partial charge >= 0.3 is 0 Å². The molecule has 3 heteroatoms. The van der Waals surface area contributed by atoms with Crippen molar-refractivity contribution in [1.29, 1.82) is 0 Å². The molecule has 20 heavy (non-hydrogen) atoms. The minimum absolute atomic E-state index is 0.457. The maximum atomic E-state index is 6.18. The Labute approximate surface area is 129 Å². The molecule has 0 bridgehead atoms. The van der Waals surface area contributed by atoms with Crippen molar-refractivity contribution >= 4 is 28.9 Å². The Kier molecular flexibility index (Phi) is 3.91. The van der Waals surface area contributed by atoms with Crippen molar-refractivity contribution in [2.75, 3.05) is 5.32 Å². The Morgan fingerprint density at radius 1 is 0.950 bits per heavy atom. The van der Waals surface area contributed by atoms with Crippen LogP contribution in [0.1, 0.15) is 29.9 Å². The first-order chi connectivity index (χ1) is 9.63. The highest BCUT2D eigenvalue weighted by atomic mass is 35.5. The molecule has 0 heterocycles. The molecule has 1 saturated carbocycles. The molecular formula is C17H17Cl2N. The molecule has 2 aromatic rings. The van der Waals surface area contributed by atoms with Gasteiger partial charge in [-0.1, -0.05) is 59.1 Å². The average molecular weight is 306 g/mol. The van der Waals surface area contributed by atoms with Crippen LogP contribution in [0.5, 0.6) is 0 Å². The molecule has 1 aliphatic rings. The molecule has 0 atom stereocenters. The van der Waals surface area contributed by atoms with Crippen LogP contribution in [-0.4, -0.2) is 6.04 Å². The van der Waals surface area contributed by atoms with Crippen molar-refractivity contribution in [2.45, 2.75) is 31.7 Å². The second-order valence-electron chi connectivity index (χ2n) is 5.52. The van der Waals surface area contributed by atoms with Crippen LogP contribution in [0.3, 0.4) is 0 Å². The van der Waals surface area contributed by atoms with Gasteiger partial charge in [-0.3, -0.25) is 0 Å². The van der Waals surface area contributed by atoms with E-state index in [0.29, 0.717) is 22.0 Å². The van der Waals surface area contributed by atoms with Gasteiger partial charge < -0.3 is 5.32 Å². The number of nitrogens with one attached hydrogen (secondary N) is 1. The van der Waals surface area contributed by atoms with E-state index < -0.39 is 0 Å². The SMILES string of the molecule is Cc1ccc(C2CC(Nc3c(Cl)cccc3Cl)C2)cc1. The van der Waals surface area contributed by atoms with Crippen molar-refractivity contribution in [2.24, 2.45) is 0 Å². The molecule has 104 valence electrons. The third-order valence-electron chi connectivity index (χ3n) is 4.00. The van der Waals surface area contributed by atoms with Crippen LogP contribution in [0, 0.1) is 6.92 Å². The highest BCUT2D eigenvalue weighted by Crippen LogP contribution is 2.40. The molecule has 1 aliphatic carbocycles. The molecule has 0 radical (unpaired) electrons. The molecule has 2 aromatic carbocycles. The lowest BCUT2D eigenvalue weighted by Crippen LogP contribution is -2.34. The Morgan fingerprint density at radius 3 is 2.15 bits per heavy atom. The third kappa shape index (κ3) is 2.79. The number of rotatable bonds is 3. The van der Waals surface area contributed by atoms with Crippen LogP contribution in [0.2, 0.25) is 10.0 Å². The summed E-state index contributed by atoms with van der Waals surface area (Å²) < 4.78 is 0. The number of aryl methyl sites for hydroxylation is 1. The molecule has 0 unspecified atom stereocenters. The van der Waals surface area contributed by atoms with Gasteiger partial charge in [-0.15, -0.1) is 0 Å². The van der Waals surface area contributed by atoms with E-state index >= 15 is 0 Å². The molecule has 0 saturated heterocycles. The van der Waals surface area contributed by atoms with Crippen LogP contribution in [0.15, 0.2) is 42.5 Å². The van der Waals surface area contributed by atoms with E-state index in [2.05, 4.69) is 36.5 Å². The number of hydrogen-bond donors (Lipinski definition) is 1. The van der Waals surface area contributed by atoms with Crippen LogP contribution < -0.4 is 5.32 Å². The van der Waals surface area contributed by atoms with Gasteiger partial charge in [0.2, 0.25) is 0 Å². The fourth-order valence-corrected chi connectivity index (χ4v) is 3.19. The van der Waals surface area contributed by atoms with Crippen molar-refractivity contribution in [3.63, 3.8) is 0 Å². The zero-order valence-corrected chi connectivity index (χ0v) is 12.9. The lowest BCUT2D eigenvalue weighted by atomic mass is 9.75.